The van der Waals surface area contributed by atoms with Crippen LogP contribution in [0.25, 0.3) is 0 Å². The summed E-state index contributed by atoms with van der Waals surface area (Å²) in [6, 6.07) is -0.425. The number of amides is 2. The number of anilines is 1. The number of carbonyl (C=O) groups excluding carboxylic acids is 3. The van der Waals surface area contributed by atoms with E-state index in [9.17, 15) is 40.7 Å². The number of esters is 2. The predicted molar refractivity (Wildman–Crippen MR) is 88.1 cm³/mol. The zero-order valence-corrected chi connectivity index (χ0v) is 15.4. The van der Waals surface area contributed by atoms with Crippen LogP contribution in [0.2, 0.25) is 0 Å². The number of nitrogens with zero attached hydrogens (tertiary/aromatic N) is 1. The highest BCUT2D eigenvalue weighted by molar-refractivity contribution is 6.15. The largest absolute Gasteiger partial charge is 0.491 e. The summed E-state index contributed by atoms with van der Waals surface area (Å²) in [5, 5.41) is 9.59. The molecule has 9 nitrogen and oxygen atoms in total. The van der Waals surface area contributed by atoms with Gasteiger partial charge in [-0.15, -0.1) is 0 Å². The quantitative estimate of drug-likeness (QED) is 0.215. The average Bonchev–Trinajstić information content (AvgIpc) is 2.58. The number of guanidine groups is 1. The summed E-state index contributed by atoms with van der Waals surface area (Å²) in [5.41, 5.74) is 4.22. The van der Waals surface area contributed by atoms with Crippen molar-refractivity contribution in [3.05, 3.63) is 17.2 Å². The molecule has 0 heterocycles. The summed E-state index contributed by atoms with van der Waals surface area (Å²) in [6.45, 7) is 2.12. The Balaban J connectivity index is 3.76. The highest BCUT2D eigenvalue weighted by Crippen LogP contribution is 2.42. The molecule has 0 aliphatic rings. The van der Waals surface area contributed by atoms with Crippen LogP contribution in [0.4, 0.5) is 36.8 Å². The van der Waals surface area contributed by atoms with E-state index in [1.165, 1.54) is 6.92 Å². The van der Waals surface area contributed by atoms with Gasteiger partial charge in [-0.3, -0.25) is 5.41 Å². The number of aryl methyl sites for hydroxylation is 1. The van der Waals surface area contributed by atoms with Crippen LogP contribution in [-0.2, 0) is 9.59 Å². The number of ether oxygens (including phenoxy) is 2. The molecule has 15 heteroatoms. The Hall–Kier alpha value is -3.52. The third-order valence-electron chi connectivity index (χ3n) is 3.38. The van der Waals surface area contributed by atoms with E-state index >= 15 is 0 Å². The lowest BCUT2D eigenvalue weighted by atomic mass is 10.1. The number of rotatable bonds is 3. The minimum absolute atomic E-state index is 0.150. The fourth-order valence-electron chi connectivity index (χ4n) is 2.22. The van der Waals surface area contributed by atoms with Gasteiger partial charge in [0.1, 0.15) is 0 Å². The molecule has 1 rings (SSSR count). The maximum Gasteiger partial charge on any atom is 0.491 e. The molecule has 1 aromatic carbocycles. The Morgan fingerprint density at radius 2 is 1.50 bits per heavy atom. The maximum atomic E-state index is 12.6. The van der Waals surface area contributed by atoms with Crippen LogP contribution in [0.3, 0.4) is 0 Å². The van der Waals surface area contributed by atoms with E-state index in [4.69, 9.17) is 11.1 Å². The molecule has 0 aliphatic heterocycles. The fraction of sp³-hybridized carbons (Fsp3) is 0.333. The first-order valence-electron chi connectivity index (χ1n) is 7.60. The molecule has 0 unspecified atom stereocenters. The van der Waals surface area contributed by atoms with Crippen molar-refractivity contribution in [3.8, 4) is 11.5 Å². The van der Waals surface area contributed by atoms with Crippen molar-refractivity contribution in [3.63, 3.8) is 0 Å². The number of alkyl halides is 6. The molecule has 166 valence electrons. The number of hydrogen-bond acceptors (Lipinski definition) is 6. The van der Waals surface area contributed by atoms with Crippen molar-refractivity contribution in [2.45, 2.75) is 26.2 Å². The van der Waals surface area contributed by atoms with Crippen LogP contribution < -0.4 is 25.4 Å². The summed E-state index contributed by atoms with van der Waals surface area (Å²) in [4.78, 5) is 34.8. The van der Waals surface area contributed by atoms with Gasteiger partial charge in [0.15, 0.2) is 11.5 Å². The summed E-state index contributed by atoms with van der Waals surface area (Å²) >= 11 is 0. The Kier molecular flexibility index (Phi) is 6.92. The third kappa shape index (κ3) is 5.30. The van der Waals surface area contributed by atoms with Crippen molar-refractivity contribution in [2.75, 3.05) is 11.9 Å². The number of hydrogen-bond donors (Lipinski definition) is 3. The van der Waals surface area contributed by atoms with Gasteiger partial charge in [-0.2, -0.15) is 26.3 Å². The first kappa shape index (κ1) is 24.5. The summed E-state index contributed by atoms with van der Waals surface area (Å²) in [6.07, 6.45) is -11.1. The molecule has 0 bridgehead atoms. The molecular weight excluding hydrogens is 430 g/mol. The van der Waals surface area contributed by atoms with Crippen molar-refractivity contribution in [1.29, 1.82) is 5.41 Å². The van der Waals surface area contributed by atoms with Gasteiger partial charge in [-0.25, -0.2) is 19.3 Å². The van der Waals surface area contributed by atoms with E-state index in [1.54, 1.807) is 0 Å². The molecule has 0 fully saturated rings. The van der Waals surface area contributed by atoms with E-state index < -0.39 is 59.0 Å². The van der Waals surface area contributed by atoms with Crippen LogP contribution in [-0.4, -0.2) is 43.3 Å². The molecule has 4 N–H and O–H groups in total. The minimum Gasteiger partial charge on any atom is -0.416 e. The smallest absolute Gasteiger partial charge is 0.416 e. The first-order valence-corrected chi connectivity index (χ1v) is 7.60. The average molecular weight is 444 g/mol. The normalized spacial score (nSPS) is 11.5. The van der Waals surface area contributed by atoms with E-state index in [-0.39, 0.29) is 5.56 Å². The van der Waals surface area contributed by atoms with Gasteiger partial charge in [-0.05, 0) is 25.5 Å². The molecule has 0 radical (unpaired) electrons. The summed E-state index contributed by atoms with van der Waals surface area (Å²) < 4.78 is 83.5. The highest BCUT2D eigenvalue weighted by Gasteiger charge is 2.44. The third-order valence-corrected chi connectivity index (χ3v) is 3.38. The standard InChI is InChI=1S/C15H14F6N4O5/c1-5-4-7(29-10(26)14(16,17)18)9(30-11(27)15(19,20)21)6(2)8(5)25(12(22)23)13(28)24-3/h4H,1-3H3,(H3,22,23)(H,24,28). The highest BCUT2D eigenvalue weighted by atomic mass is 19.4. The molecule has 2 amide bonds. The predicted octanol–water partition coefficient (Wildman–Crippen LogP) is 2.28. The van der Waals surface area contributed by atoms with Crippen molar-refractivity contribution < 1.29 is 50.2 Å². The fourth-order valence-corrected chi connectivity index (χ4v) is 2.22. The van der Waals surface area contributed by atoms with Gasteiger partial charge in [-0.1, -0.05) is 0 Å². The zero-order valence-electron chi connectivity index (χ0n) is 15.4. The molecule has 0 aromatic heterocycles. The number of halogens is 6. The lowest BCUT2D eigenvalue weighted by Gasteiger charge is -2.26. The molecule has 0 saturated carbocycles. The Bertz CT molecular complexity index is 897. The first-order chi connectivity index (χ1) is 13.5. The van der Waals surface area contributed by atoms with Crippen LogP contribution in [0.1, 0.15) is 11.1 Å². The summed E-state index contributed by atoms with van der Waals surface area (Å²) in [7, 11) is 1.13. The SMILES string of the molecule is CNC(=O)N(C(=N)N)c1c(C)cc(OC(=O)C(F)(F)F)c(OC(=O)C(F)(F)F)c1C. The number of urea groups is 1. The number of carbonyl (C=O) groups is 3. The van der Waals surface area contributed by atoms with Gasteiger partial charge >= 0.3 is 30.3 Å². The molecule has 0 aliphatic carbocycles. The van der Waals surface area contributed by atoms with E-state index in [1.807, 2.05) is 0 Å². The Labute approximate surface area is 164 Å². The Morgan fingerprint density at radius 3 is 1.90 bits per heavy atom. The molecule has 0 spiro atoms. The maximum absolute atomic E-state index is 12.6. The van der Waals surface area contributed by atoms with Gasteiger partial charge in [0.05, 0.1) is 5.69 Å². The lowest BCUT2D eigenvalue weighted by Crippen LogP contribution is -2.46. The van der Waals surface area contributed by atoms with Crippen LogP contribution in [0.15, 0.2) is 6.07 Å². The molecular formula is C15H14F6N4O5. The zero-order chi connectivity index (χ0) is 23.6. The van der Waals surface area contributed by atoms with Crippen LogP contribution in [0.5, 0.6) is 11.5 Å². The van der Waals surface area contributed by atoms with Crippen LogP contribution in [0, 0.1) is 19.3 Å². The van der Waals surface area contributed by atoms with E-state index in [2.05, 4.69) is 14.8 Å². The lowest BCUT2D eigenvalue weighted by molar-refractivity contribution is -0.191. The molecule has 0 saturated heterocycles. The molecule has 0 atom stereocenters. The van der Waals surface area contributed by atoms with Gasteiger partial charge in [0.25, 0.3) is 0 Å². The van der Waals surface area contributed by atoms with Crippen molar-refractivity contribution in [1.82, 2.24) is 5.32 Å². The number of nitrogens with one attached hydrogen (secondary N) is 2. The molecule has 30 heavy (non-hydrogen) atoms. The van der Waals surface area contributed by atoms with Gasteiger partial charge < -0.3 is 20.5 Å². The number of benzene rings is 1. The van der Waals surface area contributed by atoms with Crippen LogP contribution >= 0.6 is 0 Å². The Morgan fingerprint density at radius 1 is 1.03 bits per heavy atom. The van der Waals surface area contributed by atoms with E-state index in [0.29, 0.717) is 11.0 Å². The van der Waals surface area contributed by atoms with E-state index in [0.717, 1.165) is 14.0 Å². The molecule has 1 aromatic rings. The second kappa shape index (κ2) is 8.46. The monoisotopic (exact) mass is 444 g/mol. The second-order valence-corrected chi connectivity index (χ2v) is 5.54. The van der Waals surface area contributed by atoms with Crippen molar-refractivity contribution >= 4 is 29.6 Å². The minimum atomic E-state index is -5.55. The van der Waals surface area contributed by atoms with Crippen molar-refractivity contribution in [2.24, 2.45) is 5.73 Å². The van der Waals surface area contributed by atoms with Gasteiger partial charge in [0, 0.05) is 12.6 Å². The summed E-state index contributed by atoms with van der Waals surface area (Å²) in [5.74, 6) is -8.96. The number of nitrogens with two attached hydrogens (primary N) is 1. The topological polar surface area (TPSA) is 135 Å². The van der Waals surface area contributed by atoms with Gasteiger partial charge in [0.2, 0.25) is 5.96 Å². The second-order valence-electron chi connectivity index (χ2n) is 5.54.